The number of nitrogens with one attached hydrogen (secondary N) is 4. The van der Waals surface area contributed by atoms with Gasteiger partial charge in [0.15, 0.2) is 5.96 Å². The van der Waals surface area contributed by atoms with E-state index in [-0.39, 0.29) is 17.8 Å². The van der Waals surface area contributed by atoms with Crippen molar-refractivity contribution in [3.63, 3.8) is 0 Å². The molecule has 3 atom stereocenters. The summed E-state index contributed by atoms with van der Waals surface area (Å²) in [6, 6.07) is -2.39. The van der Waals surface area contributed by atoms with Gasteiger partial charge in [-0.3, -0.25) is 29.0 Å². The lowest BCUT2D eigenvalue weighted by Crippen LogP contribution is -2.55. The van der Waals surface area contributed by atoms with E-state index < -0.39 is 48.8 Å². The Labute approximate surface area is 414 Å². The van der Waals surface area contributed by atoms with E-state index in [2.05, 4.69) is 45.0 Å². The molecule has 0 bridgehead atoms. The third-order valence-corrected chi connectivity index (χ3v) is 13.0. The first kappa shape index (κ1) is 64.5. The van der Waals surface area contributed by atoms with Crippen LogP contribution in [-0.2, 0) is 24.0 Å². The molecule has 0 spiro atoms. The van der Waals surface area contributed by atoms with Crippen LogP contribution in [0.1, 0.15) is 239 Å². The van der Waals surface area contributed by atoms with Gasteiger partial charge in [0.05, 0.1) is 13.0 Å². The fraction of sp³-hybridized carbons (Fsp3) is 0.887. The van der Waals surface area contributed by atoms with Gasteiger partial charge >= 0.3 is 5.97 Å². The molecule has 398 valence electrons. The van der Waals surface area contributed by atoms with Gasteiger partial charge in [0.1, 0.15) is 12.1 Å². The number of aliphatic imine (C=N–C) groups is 1. The summed E-state index contributed by atoms with van der Waals surface area (Å²) < 4.78 is 0. The second-order valence-electron chi connectivity index (χ2n) is 19.5. The van der Waals surface area contributed by atoms with Gasteiger partial charge in [-0.2, -0.15) is 0 Å². The molecule has 3 unspecified atom stereocenters. The largest absolute Gasteiger partial charge is 0.481 e. The highest BCUT2D eigenvalue weighted by molar-refractivity contribution is 5.95. The molecule has 0 aliphatic carbocycles. The van der Waals surface area contributed by atoms with Gasteiger partial charge in [0.25, 0.3) is 0 Å². The normalized spacial score (nSPS) is 12.6. The summed E-state index contributed by atoms with van der Waals surface area (Å²) >= 11 is 0. The van der Waals surface area contributed by atoms with Crippen molar-refractivity contribution < 1.29 is 29.1 Å². The number of nitrogens with zero attached hydrogens (tertiary/aromatic N) is 2. The fourth-order valence-corrected chi connectivity index (χ4v) is 8.60. The number of nitrogens with two attached hydrogens (primary N) is 3. The first-order valence-electron chi connectivity index (χ1n) is 27.8. The van der Waals surface area contributed by atoms with Crippen molar-refractivity contribution in [2.45, 2.75) is 251 Å². The Kier molecular flexibility index (Phi) is 44.8. The van der Waals surface area contributed by atoms with E-state index in [1.165, 1.54) is 167 Å². The first-order valence-corrected chi connectivity index (χ1v) is 27.8. The van der Waals surface area contributed by atoms with Gasteiger partial charge in [-0.05, 0) is 64.6 Å². The Morgan fingerprint density at radius 3 is 1.40 bits per heavy atom. The average Bonchev–Trinajstić information content (AvgIpc) is 3.31. The number of carboxylic acids is 1. The minimum atomic E-state index is -1.45. The van der Waals surface area contributed by atoms with E-state index in [1.54, 1.807) is 6.92 Å². The van der Waals surface area contributed by atoms with Crippen molar-refractivity contribution in [2.24, 2.45) is 28.1 Å². The number of carboxylic acid groups (broad SMARTS) is 1. The topological polar surface area (TPSA) is 247 Å². The van der Waals surface area contributed by atoms with E-state index in [0.29, 0.717) is 58.3 Å². The summed E-state index contributed by atoms with van der Waals surface area (Å²) in [7, 11) is 0. The number of hydrogen-bond acceptors (Lipinski definition) is 8. The zero-order valence-corrected chi connectivity index (χ0v) is 43.8. The molecule has 0 aromatic carbocycles. The number of amides is 4. The van der Waals surface area contributed by atoms with Crippen molar-refractivity contribution in [1.82, 2.24) is 26.2 Å². The molecule has 15 nitrogen and oxygen atoms in total. The van der Waals surface area contributed by atoms with Crippen LogP contribution in [0.15, 0.2) is 4.99 Å². The molecule has 0 aliphatic heterocycles. The Hall–Kier alpha value is -3.46. The zero-order chi connectivity index (χ0) is 50.3. The molecule has 0 saturated heterocycles. The minimum Gasteiger partial charge on any atom is -0.481 e. The molecule has 0 fully saturated rings. The standard InChI is InChI=1S/C53H105N9O6/c1-4-6-8-10-12-14-16-18-20-22-24-26-28-32-40-62(41-33-29-27-25-23-21-19-17-15-13-11-9-7-5-2)42-39-57-51(67)46(36-30-31-37-54)61-52(68)47(43-49(64)65)60-48(63)44-59-50(66)45(3)35-34-38-58-53(55)56/h45-47H,4-44,54H2,1-3H3,(H,57,67)(H,59,66)(H,60,63)(H,61,68)(H,64,65)(H4,55,56,58). The second-order valence-corrected chi connectivity index (χ2v) is 19.5. The molecule has 68 heavy (non-hydrogen) atoms. The van der Waals surface area contributed by atoms with Crippen LogP contribution < -0.4 is 38.5 Å². The van der Waals surface area contributed by atoms with Crippen molar-refractivity contribution >= 4 is 35.6 Å². The Balaban J connectivity index is 5.18. The third-order valence-electron chi connectivity index (χ3n) is 13.0. The first-order chi connectivity index (χ1) is 32.9. The molecule has 0 aromatic heterocycles. The van der Waals surface area contributed by atoms with Crippen molar-refractivity contribution in [2.75, 3.05) is 45.8 Å². The fourth-order valence-electron chi connectivity index (χ4n) is 8.60. The van der Waals surface area contributed by atoms with Crippen LogP contribution in [0, 0.1) is 5.92 Å². The maximum Gasteiger partial charge on any atom is 0.305 e. The predicted molar refractivity (Wildman–Crippen MR) is 281 cm³/mol. The number of unbranched alkanes of at least 4 members (excludes halogenated alkanes) is 27. The van der Waals surface area contributed by atoms with E-state index in [0.717, 1.165) is 25.9 Å². The summed E-state index contributed by atoms with van der Waals surface area (Å²) in [6.07, 6.45) is 38.8. The molecule has 15 heteroatoms. The van der Waals surface area contributed by atoms with Gasteiger partial charge in [-0.15, -0.1) is 0 Å². The van der Waals surface area contributed by atoms with Gasteiger partial charge in [-0.25, -0.2) is 0 Å². The molecular formula is C53H105N9O6. The molecule has 0 heterocycles. The maximum atomic E-state index is 13.6. The van der Waals surface area contributed by atoms with Crippen LogP contribution in [0.25, 0.3) is 0 Å². The van der Waals surface area contributed by atoms with Crippen LogP contribution >= 0.6 is 0 Å². The highest BCUT2D eigenvalue weighted by atomic mass is 16.4. The lowest BCUT2D eigenvalue weighted by atomic mass is 10.0. The number of carbonyl (C=O) groups is 5. The van der Waals surface area contributed by atoms with Gasteiger partial charge in [-0.1, -0.05) is 188 Å². The molecule has 11 N–H and O–H groups in total. The van der Waals surface area contributed by atoms with Gasteiger partial charge < -0.3 is 48.5 Å². The van der Waals surface area contributed by atoms with Crippen LogP contribution in [0.5, 0.6) is 0 Å². The van der Waals surface area contributed by atoms with E-state index in [9.17, 15) is 29.1 Å². The molecule has 0 aromatic rings. The number of guanidine groups is 1. The van der Waals surface area contributed by atoms with Crippen molar-refractivity contribution in [1.29, 1.82) is 0 Å². The highest BCUT2D eigenvalue weighted by Crippen LogP contribution is 2.15. The zero-order valence-electron chi connectivity index (χ0n) is 43.8. The summed E-state index contributed by atoms with van der Waals surface area (Å²) in [4.78, 5) is 70.6. The van der Waals surface area contributed by atoms with Crippen LogP contribution in [0.2, 0.25) is 0 Å². The Morgan fingerprint density at radius 2 is 0.971 bits per heavy atom. The second kappa shape index (κ2) is 47.2. The Bertz CT molecular complexity index is 1250. The van der Waals surface area contributed by atoms with E-state index in [4.69, 9.17) is 17.2 Å². The minimum absolute atomic E-state index is 0.0286. The van der Waals surface area contributed by atoms with Crippen LogP contribution in [-0.4, -0.2) is 103 Å². The SMILES string of the molecule is CCCCCCCCCCCCCCCCN(CCCCCCCCCCCCCCCC)CCNC(=O)C(CCCCN)NC(=O)C(CC(=O)O)NC(=O)CNC(=O)C(C)CCCN=C(N)N. The Morgan fingerprint density at radius 1 is 0.515 bits per heavy atom. The van der Waals surface area contributed by atoms with E-state index in [1.807, 2.05) is 0 Å². The average molecular weight is 964 g/mol. The predicted octanol–water partition coefficient (Wildman–Crippen LogP) is 8.75. The number of hydrogen-bond donors (Lipinski definition) is 8. The third kappa shape index (κ3) is 41.5. The summed E-state index contributed by atoms with van der Waals surface area (Å²) in [5.74, 6) is -4.00. The molecule has 0 radical (unpaired) electrons. The highest BCUT2D eigenvalue weighted by Gasteiger charge is 2.28. The lowest BCUT2D eigenvalue weighted by molar-refractivity contribution is -0.141. The molecule has 0 saturated carbocycles. The molecule has 0 rings (SSSR count). The van der Waals surface area contributed by atoms with E-state index >= 15 is 0 Å². The van der Waals surface area contributed by atoms with Crippen molar-refractivity contribution in [3.05, 3.63) is 0 Å². The molecule has 4 amide bonds. The number of aliphatic carboxylic acids is 1. The lowest BCUT2D eigenvalue weighted by Gasteiger charge is -2.25. The van der Waals surface area contributed by atoms with Gasteiger partial charge in [0.2, 0.25) is 23.6 Å². The van der Waals surface area contributed by atoms with Crippen LogP contribution in [0.4, 0.5) is 0 Å². The maximum absolute atomic E-state index is 13.6. The van der Waals surface area contributed by atoms with Crippen molar-refractivity contribution in [3.8, 4) is 0 Å². The summed E-state index contributed by atoms with van der Waals surface area (Å²) in [5.41, 5.74) is 16.4. The quantitative estimate of drug-likeness (QED) is 0.0164. The molecular weight excluding hydrogens is 859 g/mol. The van der Waals surface area contributed by atoms with Gasteiger partial charge in [0, 0.05) is 25.6 Å². The summed E-state index contributed by atoms with van der Waals surface area (Å²) in [6.45, 7) is 9.68. The van der Waals surface area contributed by atoms with Crippen LogP contribution in [0.3, 0.4) is 0 Å². The molecule has 0 aliphatic rings. The number of rotatable bonds is 50. The monoisotopic (exact) mass is 964 g/mol. The smallest absolute Gasteiger partial charge is 0.305 e. The summed E-state index contributed by atoms with van der Waals surface area (Å²) in [5, 5.41) is 20.3. The number of carbonyl (C=O) groups excluding carboxylic acids is 4.